The zero-order valence-corrected chi connectivity index (χ0v) is 21.2. The van der Waals surface area contributed by atoms with Crippen LogP contribution in [0, 0.1) is 17.4 Å². The number of aryl methyl sites for hydroxylation is 2. The predicted molar refractivity (Wildman–Crippen MR) is 139 cm³/mol. The summed E-state index contributed by atoms with van der Waals surface area (Å²) in [6.07, 6.45) is 0. The van der Waals surface area contributed by atoms with Gasteiger partial charge in [-0.15, -0.1) is 0 Å². The number of amides is 1. The van der Waals surface area contributed by atoms with E-state index in [4.69, 9.17) is 16.6 Å². The fourth-order valence-corrected chi connectivity index (χ4v) is 4.12. The van der Waals surface area contributed by atoms with Gasteiger partial charge in [0.1, 0.15) is 5.52 Å². The third-order valence-corrected chi connectivity index (χ3v) is 6.37. The Morgan fingerprint density at radius 1 is 1.06 bits per heavy atom. The van der Waals surface area contributed by atoms with Crippen LogP contribution >= 0.6 is 50.7 Å². The minimum Gasteiger partial charge on any atom is -0.436 e. The Morgan fingerprint density at radius 3 is 2.65 bits per heavy atom. The van der Waals surface area contributed by atoms with E-state index in [1.165, 1.54) is 0 Å². The van der Waals surface area contributed by atoms with Gasteiger partial charge in [-0.3, -0.25) is 10.1 Å². The molecule has 31 heavy (non-hydrogen) atoms. The van der Waals surface area contributed by atoms with Gasteiger partial charge in [-0.05, 0) is 124 Å². The van der Waals surface area contributed by atoms with Crippen molar-refractivity contribution in [3.8, 4) is 11.5 Å². The largest absolute Gasteiger partial charge is 0.436 e. The Morgan fingerprint density at radius 2 is 1.87 bits per heavy atom. The number of hydrogen-bond donors (Lipinski definition) is 2. The maximum atomic E-state index is 12.5. The van der Waals surface area contributed by atoms with Crippen molar-refractivity contribution in [2.24, 2.45) is 0 Å². The van der Waals surface area contributed by atoms with Gasteiger partial charge in [-0.25, -0.2) is 4.98 Å². The molecule has 0 saturated carbocycles. The van der Waals surface area contributed by atoms with Crippen molar-refractivity contribution < 1.29 is 9.21 Å². The van der Waals surface area contributed by atoms with Crippen LogP contribution in [0.3, 0.4) is 0 Å². The van der Waals surface area contributed by atoms with Gasteiger partial charge >= 0.3 is 0 Å². The van der Waals surface area contributed by atoms with Gasteiger partial charge in [0.2, 0.25) is 5.89 Å². The molecule has 0 fully saturated rings. The van der Waals surface area contributed by atoms with Crippen LogP contribution in [0.25, 0.3) is 22.6 Å². The van der Waals surface area contributed by atoms with Crippen LogP contribution in [0.4, 0.5) is 5.69 Å². The predicted octanol–water partition coefficient (Wildman–Crippen LogP) is 6.61. The van der Waals surface area contributed by atoms with E-state index in [1.54, 1.807) is 6.07 Å². The molecule has 4 rings (SSSR count). The first-order chi connectivity index (χ1) is 14.8. The Labute approximate surface area is 206 Å². The second-order valence-electron chi connectivity index (χ2n) is 7.03. The number of fused-ring (bicyclic) bond motifs is 1. The number of nitrogens with one attached hydrogen (secondary N) is 2. The Hall–Kier alpha value is -2.30. The summed E-state index contributed by atoms with van der Waals surface area (Å²) < 4.78 is 7.92. The van der Waals surface area contributed by atoms with Gasteiger partial charge in [0.15, 0.2) is 10.7 Å². The standard InChI is InChI=1S/C23H17BrIN3O2S/c1-12-3-4-14(9-13(12)2)21(29)28-23(31)26-16-6-8-20-19(11-16)27-22(30-20)17-10-15(25)5-7-18(17)24/h3-11H,1-2H3,(H2,26,28,29,31). The summed E-state index contributed by atoms with van der Waals surface area (Å²) in [7, 11) is 0. The zero-order chi connectivity index (χ0) is 22.1. The normalized spacial score (nSPS) is 10.8. The van der Waals surface area contributed by atoms with Crippen LogP contribution in [0.2, 0.25) is 0 Å². The van der Waals surface area contributed by atoms with Gasteiger partial charge in [-0.1, -0.05) is 6.07 Å². The van der Waals surface area contributed by atoms with Gasteiger partial charge in [-0.2, -0.15) is 0 Å². The zero-order valence-electron chi connectivity index (χ0n) is 16.6. The van der Waals surface area contributed by atoms with Crippen molar-refractivity contribution in [3.63, 3.8) is 0 Å². The molecule has 3 aromatic carbocycles. The number of thiocarbonyl (C=S) groups is 1. The number of rotatable bonds is 3. The molecule has 0 aliphatic heterocycles. The van der Waals surface area contributed by atoms with Crippen LogP contribution in [-0.4, -0.2) is 16.0 Å². The second-order valence-corrected chi connectivity index (χ2v) is 9.54. The fraction of sp³-hybridized carbons (Fsp3) is 0.0870. The lowest BCUT2D eigenvalue weighted by molar-refractivity contribution is 0.0977. The number of aromatic nitrogens is 1. The molecule has 0 aliphatic carbocycles. The molecule has 0 unspecified atom stereocenters. The van der Waals surface area contributed by atoms with Crippen molar-refractivity contribution in [2.45, 2.75) is 13.8 Å². The van der Waals surface area contributed by atoms with E-state index in [9.17, 15) is 4.79 Å². The molecule has 1 aromatic heterocycles. The number of carbonyl (C=O) groups is 1. The van der Waals surface area contributed by atoms with Gasteiger partial charge in [0.25, 0.3) is 5.91 Å². The minimum absolute atomic E-state index is 0.214. The Bertz CT molecular complexity index is 1340. The van der Waals surface area contributed by atoms with E-state index in [2.05, 4.69) is 54.1 Å². The summed E-state index contributed by atoms with van der Waals surface area (Å²) in [6, 6.07) is 17.0. The molecule has 2 N–H and O–H groups in total. The molecule has 4 aromatic rings. The molecule has 0 bridgehead atoms. The number of oxazole rings is 1. The summed E-state index contributed by atoms with van der Waals surface area (Å²) in [6.45, 7) is 3.98. The van der Waals surface area contributed by atoms with E-state index in [1.807, 2.05) is 62.4 Å². The fourth-order valence-electron chi connectivity index (χ4n) is 3.00. The number of hydrogen-bond acceptors (Lipinski definition) is 4. The smallest absolute Gasteiger partial charge is 0.257 e. The van der Waals surface area contributed by atoms with E-state index >= 15 is 0 Å². The number of anilines is 1. The second kappa shape index (κ2) is 9.05. The van der Waals surface area contributed by atoms with E-state index in [0.717, 1.165) is 24.7 Å². The maximum Gasteiger partial charge on any atom is 0.257 e. The summed E-state index contributed by atoms with van der Waals surface area (Å²) >= 11 is 11.1. The highest BCUT2D eigenvalue weighted by molar-refractivity contribution is 14.1. The summed E-state index contributed by atoms with van der Waals surface area (Å²) in [5.41, 5.74) is 5.69. The molecule has 5 nitrogen and oxygen atoms in total. The number of halogens is 2. The number of benzene rings is 3. The van der Waals surface area contributed by atoms with Crippen molar-refractivity contribution >= 4 is 78.5 Å². The first-order valence-corrected chi connectivity index (χ1v) is 11.6. The minimum atomic E-state index is -0.256. The average Bonchev–Trinajstić information content (AvgIpc) is 3.14. The third kappa shape index (κ3) is 4.97. The lowest BCUT2D eigenvalue weighted by atomic mass is 10.1. The molecule has 8 heteroatoms. The van der Waals surface area contributed by atoms with Gasteiger partial charge in [0, 0.05) is 19.3 Å². The van der Waals surface area contributed by atoms with Gasteiger partial charge < -0.3 is 9.73 Å². The van der Waals surface area contributed by atoms with Crippen LogP contribution < -0.4 is 10.6 Å². The monoisotopic (exact) mass is 605 g/mol. The molecule has 1 heterocycles. The third-order valence-electron chi connectivity index (χ3n) is 4.80. The van der Waals surface area contributed by atoms with E-state index < -0.39 is 0 Å². The first kappa shape index (κ1) is 21.9. The highest BCUT2D eigenvalue weighted by atomic mass is 127. The van der Waals surface area contributed by atoms with Crippen LogP contribution in [0.5, 0.6) is 0 Å². The van der Waals surface area contributed by atoms with Crippen molar-refractivity contribution in [1.82, 2.24) is 10.3 Å². The van der Waals surface area contributed by atoms with E-state index in [0.29, 0.717) is 28.2 Å². The molecule has 0 spiro atoms. The summed E-state index contributed by atoms with van der Waals surface area (Å²) in [4.78, 5) is 17.1. The molecule has 156 valence electrons. The lowest BCUT2D eigenvalue weighted by Crippen LogP contribution is -2.34. The Kier molecular flexibility index (Phi) is 6.40. The topological polar surface area (TPSA) is 67.2 Å². The highest BCUT2D eigenvalue weighted by Gasteiger charge is 2.13. The average molecular weight is 606 g/mol. The van der Waals surface area contributed by atoms with E-state index in [-0.39, 0.29) is 11.0 Å². The quantitative estimate of drug-likeness (QED) is 0.203. The van der Waals surface area contributed by atoms with Crippen molar-refractivity contribution in [1.29, 1.82) is 0 Å². The highest BCUT2D eigenvalue weighted by Crippen LogP contribution is 2.32. The molecule has 0 saturated heterocycles. The molecule has 0 atom stereocenters. The summed E-state index contributed by atoms with van der Waals surface area (Å²) in [5.74, 6) is 0.275. The van der Waals surface area contributed by atoms with Gasteiger partial charge in [0.05, 0.1) is 5.56 Å². The van der Waals surface area contributed by atoms with Crippen molar-refractivity contribution in [2.75, 3.05) is 5.32 Å². The molecule has 1 amide bonds. The maximum absolute atomic E-state index is 12.5. The molecular formula is C23H17BrIN3O2S. The number of carbonyl (C=O) groups excluding carboxylic acids is 1. The van der Waals surface area contributed by atoms with Crippen LogP contribution in [-0.2, 0) is 0 Å². The lowest BCUT2D eigenvalue weighted by Gasteiger charge is -2.10. The first-order valence-electron chi connectivity index (χ1n) is 9.36. The SMILES string of the molecule is Cc1ccc(C(=O)NC(=S)Nc2ccc3oc(-c4cc(I)ccc4Br)nc3c2)cc1C. The molecule has 0 radical (unpaired) electrons. The molecule has 0 aliphatic rings. The van der Waals surface area contributed by atoms with Crippen molar-refractivity contribution in [3.05, 3.63) is 79.3 Å². The van der Waals surface area contributed by atoms with Crippen LogP contribution in [0.1, 0.15) is 21.5 Å². The summed E-state index contributed by atoms with van der Waals surface area (Å²) in [5, 5.41) is 5.97. The number of nitrogens with zero attached hydrogens (tertiary/aromatic N) is 1. The Balaban J connectivity index is 1.50. The molecular weight excluding hydrogens is 589 g/mol. The van der Waals surface area contributed by atoms with Crippen LogP contribution in [0.15, 0.2) is 63.5 Å².